The summed E-state index contributed by atoms with van der Waals surface area (Å²) in [5.74, 6) is -0.854. The van der Waals surface area contributed by atoms with Crippen LogP contribution in [0.15, 0.2) is 36.4 Å². The molecule has 0 aliphatic heterocycles. The Kier molecular flexibility index (Phi) is 3.58. The van der Waals surface area contributed by atoms with Crippen molar-refractivity contribution in [3.63, 3.8) is 0 Å². The van der Waals surface area contributed by atoms with E-state index >= 15 is 0 Å². The average Bonchev–Trinajstić information content (AvgIpc) is 2.83. The minimum Gasteiger partial charge on any atom is -0.319 e. The van der Waals surface area contributed by atoms with Crippen molar-refractivity contribution < 1.29 is 9.18 Å². The third-order valence-corrected chi connectivity index (χ3v) is 3.78. The molecule has 0 spiro atoms. The summed E-state index contributed by atoms with van der Waals surface area (Å²) in [6.45, 7) is 1.61. The molecule has 1 N–H and O–H groups in total. The first kappa shape index (κ1) is 14.5. The number of aromatic nitrogens is 2. The molecule has 2 aromatic carbocycles. The molecule has 1 aromatic heterocycles. The van der Waals surface area contributed by atoms with Crippen molar-refractivity contribution in [2.75, 3.05) is 5.32 Å². The molecule has 112 valence electrons. The van der Waals surface area contributed by atoms with Gasteiger partial charge in [0.2, 0.25) is 0 Å². The van der Waals surface area contributed by atoms with Crippen molar-refractivity contribution in [3.05, 3.63) is 58.5 Å². The molecular formula is C16H13ClFN3O. The number of halogens is 2. The van der Waals surface area contributed by atoms with Gasteiger partial charge in [0.25, 0.3) is 5.91 Å². The van der Waals surface area contributed by atoms with E-state index in [-0.39, 0.29) is 16.4 Å². The zero-order valence-electron chi connectivity index (χ0n) is 12.0. The van der Waals surface area contributed by atoms with E-state index in [4.69, 9.17) is 11.6 Å². The summed E-state index contributed by atoms with van der Waals surface area (Å²) < 4.78 is 15.3. The minimum absolute atomic E-state index is 0.226. The number of carbonyl (C=O) groups excluding carboxylic acids is 1. The number of hydrogen-bond acceptors (Lipinski definition) is 2. The maximum absolute atomic E-state index is 13.6. The van der Waals surface area contributed by atoms with E-state index in [1.807, 2.05) is 24.3 Å². The molecule has 1 heterocycles. The van der Waals surface area contributed by atoms with E-state index in [1.165, 1.54) is 12.1 Å². The van der Waals surface area contributed by atoms with Crippen LogP contribution in [0.25, 0.3) is 10.9 Å². The van der Waals surface area contributed by atoms with Gasteiger partial charge in [0.05, 0.1) is 16.2 Å². The molecule has 22 heavy (non-hydrogen) atoms. The predicted octanol–water partition coefficient (Wildman–Crippen LogP) is 3.93. The van der Waals surface area contributed by atoms with Crippen molar-refractivity contribution in [3.8, 4) is 0 Å². The van der Waals surface area contributed by atoms with E-state index in [0.29, 0.717) is 5.56 Å². The van der Waals surface area contributed by atoms with Crippen LogP contribution in [0.2, 0.25) is 5.02 Å². The molecular weight excluding hydrogens is 305 g/mol. The summed E-state index contributed by atoms with van der Waals surface area (Å²) >= 11 is 6.05. The van der Waals surface area contributed by atoms with E-state index in [9.17, 15) is 9.18 Å². The van der Waals surface area contributed by atoms with Crippen LogP contribution >= 0.6 is 11.6 Å². The number of fused-ring (bicyclic) bond motifs is 1. The first-order valence-corrected chi connectivity index (χ1v) is 7.04. The third-order valence-electron chi connectivity index (χ3n) is 3.47. The highest BCUT2D eigenvalue weighted by Gasteiger charge is 2.17. The second kappa shape index (κ2) is 5.42. The second-order valence-corrected chi connectivity index (χ2v) is 5.43. The van der Waals surface area contributed by atoms with Crippen LogP contribution in [-0.2, 0) is 7.05 Å². The lowest BCUT2D eigenvalue weighted by molar-refractivity contribution is 0.102. The zero-order valence-corrected chi connectivity index (χ0v) is 12.8. The Hall–Kier alpha value is -2.40. The van der Waals surface area contributed by atoms with Crippen LogP contribution in [0.5, 0.6) is 0 Å². The number of nitrogens with zero attached hydrogens (tertiary/aromatic N) is 2. The molecule has 0 radical (unpaired) electrons. The molecule has 3 rings (SSSR count). The van der Waals surface area contributed by atoms with Gasteiger partial charge in [-0.15, -0.1) is 0 Å². The average molecular weight is 318 g/mol. The minimum atomic E-state index is -0.429. The van der Waals surface area contributed by atoms with E-state index in [0.717, 1.165) is 10.9 Å². The number of carbonyl (C=O) groups is 1. The highest BCUT2D eigenvalue weighted by molar-refractivity contribution is 6.34. The highest BCUT2D eigenvalue weighted by atomic mass is 35.5. The molecule has 0 fully saturated rings. The van der Waals surface area contributed by atoms with Gasteiger partial charge in [-0.2, -0.15) is 5.10 Å². The van der Waals surface area contributed by atoms with Gasteiger partial charge in [-0.1, -0.05) is 29.8 Å². The first-order chi connectivity index (χ1) is 10.5. The number of aryl methyl sites for hydroxylation is 2. The largest absolute Gasteiger partial charge is 0.319 e. The number of rotatable bonds is 2. The maximum atomic E-state index is 13.6. The molecule has 0 aliphatic carbocycles. The standard InChI is InChI=1S/C16H13ClFN3O/c1-9-7-11(17)13(8-12(9)18)19-16(22)15-10-5-3-4-6-14(10)21(2)20-15/h3-8H,1-2H3,(H,19,22). The van der Waals surface area contributed by atoms with Crippen LogP contribution in [-0.4, -0.2) is 15.7 Å². The van der Waals surface area contributed by atoms with Crippen molar-refractivity contribution in [2.45, 2.75) is 6.92 Å². The van der Waals surface area contributed by atoms with Crippen LogP contribution in [0, 0.1) is 12.7 Å². The van der Waals surface area contributed by atoms with Crippen molar-refractivity contribution in [1.82, 2.24) is 9.78 Å². The fourth-order valence-electron chi connectivity index (χ4n) is 2.31. The normalized spacial score (nSPS) is 10.9. The van der Waals surface area contributed by atoms with E-state index in [2.05, 4.69) is 10.4 Å². The Morgan fingerprint density at radius 3 is 2.82 bits per heavy atom. The summed E-state index contributed by atoms with van der Waals surface area (Å²) in [5.41, 5.74) is 1.76. The fraction of sp³-hybridized carbons (Fsp3) is 0.125. The lowest BCUT2D eigenvalue weighted by Crippen LogP contribution is -2.14. The summed E-state index contributed by atoms with van der Waals surface area (Å²) in [5, 5.41) is 7.85. The smallest absolute Gasteiger partial charge is 0.276 e. The fourth-order valence-corrected chi connectivity index (χ4v) is 2.57. The van der Waals surface area contributed by atoms with Crippen LogP contribution < -0.4 is 5.32 Å². The number of nitrogens with one attached hydrogen (secondary N) is 1. The summed E-state index contributed by atoms with van der Waals surface area (Å²) in [4.78, 5) is 12.4. The molecule has 0 unspecified atom stereocenters. The van der Waals surface area contributed by atoms with Crippen LogP contribution in [0.4, 0.5) is 10.1 Å². The highest BCUT2D eigenvalue weighted by Crippen LogP contribution is 2.26. The Balaban J connectivity index is 1.99. The Morgan fingerprint density at radius 1 is 1.32 bits per heavy atom. The number of amides is 1. The first-order valence-electron chi connectivity index (χ1n) is 6.66. The van der Waals surface area contributed by atoms with Gasteiger partial charge in [-0.25, -0.2) is 4.39 Å². The van der Waals surface area contributed by atoms with Gasteiger partial charge in [0.1, 0.15) is 5.82 Å². The summed E-state index contributed by atoms with van der Waals surface area (Å²) in [7, 11) is 1.76. The number of benzene rings is 2. The lowest BCUT2D eigenvalue weighted by Gasteiger charge is -2.07. The third kappa shape index (κ3) is 2.44. The molecule has 0 saturated carbocycles. The van der Waals surface area contributed by atoms with Crippen LogP contribution in [0.3, 0.4) is 0 Å². The van der Waals surface area contributed by atoms with Gasteiger partial charge in [0.15, 0.2) is 5.69 Å². The van der Waals surface area contributed by atoms with Crippen molar-refractivity contribution >= 4 is 34.1 Å². The Bertz CT molecular complexity index is 888. The topological polar surface area (TPSA) is 46.9 Å². The molecule has 0 saturated heterocycles. The number of hydrogen-bond donors (Lipinski definition) is 1. The predicted molar refractivity (Wildman–Crippen MR) is 84.8 cm³/mol. The molecule has 0 aliphatic rings. The van der Waals surface area contributed by atoms with Crippen molar-refractivity contribution in [2.24, 2.45) is 7.05 Å². The number of anilines is 1. The van der Waals surface area contributed by atoms with Gasteiger partial charge >= 0.3 is 0 Å². The SMILES string of the molecule is Cc1cc(Cl)c(NC(=O)c2nn(C)c3ccccc23)cc1F. The summed E-state index contributed by atoms with van der Waals surface area (Å²) in [6, 6.07) is 10.1. The van der Waals surface area contributed by atoms with Gasteiger partial charge in [-0.05, 0) is 30.7 Å². The van der Waals surface area contributed by atoms with Crippen LogP contribution in [0.1, 0.15) is 16.1 Å². The summed E-state index contributed by atoms with van der Waals surface area (Å²) in [6.07, 6.45) is 0. The second-order valence-electron chi connectivity index (χ2n) is 5.02. The monoisotopic (exact) mass is 317 g/mol. The quantitative estimate of drug-likeness (QED) is 0.778. The van der Waals surface area contributed by atoms with E-state index < -0.39 is 11.7 Å². The molecule has 0 atom stereocenters. The molecule has 0 bridgehead atoms. The maximum Gasteiger partial charge on any atom is 0.276 e. The van der Waals surface area contributed by atoms with Gasteiger partial charge in [-0.3, -0.25) is 9.48 Å². The molecule has 6 heteroatoms. The van der Waals surface area contributed by atoms with Gasteiger partial charge in [0, 0.05) is 12.4 Å². The van der Waals surface area contributed by atoms with Gasteiger partial charge < -0.3 is 5.32 Å². The number of para-hydroxylation sites is 1. The zero-order chi connectivity index (χ0) is 15.9. The molecule has 3 aromatic rings. The Morgan fingerprint density at radius 2 is 2.05 bits per heavy atom. The molecule has 4 nitrogen and oxygen atoms in total. The Labute approximate surface area is 131 Å². The van der Waals surface area contributed by atoms with E-state index in [1.54, 1.807) is 18.7 Å². The molecule has 1 amide bonds. The lowest BCUT2D eigenvalue weighted by atomic mass is 10.2. The van der Waals surface area contributed by atoms with Crippen molar-refractivity contribution in [1.29, 1.82) is 0 Å².